The average molecular weight is 213 g/mol. The van der Waals surface area contributed by atoms with Crippen molar-refractivity contribution < 1.29 is 5.11 Å². The summed E-state index contributed by atoms with van der Waals surface area (Å²) in [6, 6.07) is 0.365. The molecule has 88 valence electrons. The first-order chi connectivity index (χ1) is 7.22. The van der Waals surface area contributed by atoms with E-state index in [1.807, 2.05) is 0 Å². The van der Waals surface area contributed by atoms with E-state index in [-0.39, 0.29) is 18.7 Å². The van der Waals surface area contributed by atoms with Crippen LogP contribution in [0, 0.1) is 5.92 Å². The number of hydrogen-bond acceptors (Lipinski definition) is 4. The average Bonchev–Trinajstić information content (AvgIpc) is 3.05. The topological polar surface area (TPSA) is 52.7 Å². The summed E-state index contributed by atoms with van der Waals surface area (Å²) in [6.07, 6.45) is 2.51. The van der Waals surface area contributed by atoms with Gasteiger partial charge in [0.15, 0.2) is 0 Å². The minimum atomic E-state index is 0.179. The van der Waals surface area contributed by atoms with Crippen LogP contribution in [-0.2, 0) is 0 Å². The van der Waals surface area contributed by atoms with Crippen molar-refractivity contribution >= 4 is 0 Å². The van der Waals surface area contributed by atoms with Crippen molar-refractivity contribution in [1.29, 1.82) is 0 Å². The van der Waals surface area contributed by atoms with E-state index in [2.05, 4.69) is 16.8 Å². The van der Waals surface area contributed by atoms with Gasteiger partial charge in [0.2, 0.25) is 0 Å². The Hall–Kier alpha value is -0.160. The van der Waals surface area contributed by atoms with E-state index >= 15 is 0 Å². The first-order valence-corrected chi connectivity index (χ1v) is 6.01. The summed E-state index contributed by atoms with van der Waals surface area (Å²) in [5.41, 5.74) is 6.18. The summed E-state index contributed by atoms with van der Waals surface area (Å²) in [5.74, 6) is 0.668. The third-order valence-electron chi connectivity index (χ3n) is 3.80. The lowest BCUT2D eigenvalue weighted by Gasteiger charge is -2.39. The van der Waals surface area contributed by atoms with Crippen molar-refractivity contribution in [3.05, 3.63) is 0 Å². The van der Waals surface area contributed by atoms with Gasteiger partial charge in [0, 0.05) is 38.3 Å². The zero-order valence-electron chi connectivity index (χ0n) is 9.60. The van der Waals surface area contributed by atoms with Crippen LogP contribution in [0.25, 0.3) is 0 Å². The second kappa shape index (κ2) is 4.78. The van der Waals surface area contributed by atoms with E-state index in [0.717, 1.165) is 26.2 Å². The zero-order chi connectivity index (χ0) is 10.8. The Bertz CT molecular complexity index is 200. The third kappa shape index (κ3) is 2.69. The molecule has 1 saturated heterocycles. The first-order valence-electron chi connectivity index (χ1n) is 6.01. The number of likely N-dealkylation sites (N-methyl/N-ethyl adjacent to an activating group) is 1. The molecule has 2 rings (SSSR count). The molecule has 4 nitrogen and oxygen atoms in total. The fourth-order valence-electron chi connectivity index (χ4n) is 2.43. The molecule has 1 aliphatic heterocycles. The van der Waals surface area contributed by atoms with Crippen molar-refractivity contribution in [2.24, 2.45) is 11.7 Å². The summed E-state index contributed by atoms with van der Waals surface area (Å²) in [6.45, 7) is 4.48. The van der Waals surface area contributed by atoms with Gasteiger partial charge in [-0.3, -0.25) is 4.90 Å². The Morgan fingerprint density at radius 3 is 2.33 bits per heavy atom. The van der Waals surface area contributed by atoms with Crippen LogP contribution in [0.5, 0.6) is 0 Å². The summed E-state index contributed by atoms with van der Waals surface area (Å²) in [5, 5.41) is 9.46. The van der Waals surface area contributed by atoms with Crippen LogP contribution in [-0.4, -0.2) is 66.8 Å². The van der Waals surface area contributed by atoms with Crippen molar-refractivity contribution in [2.45, 2.75) is 24.9 Å². The summed E-state index contributed by atoms with van der Waals surface area (Å²) in [7, 11) is 2.14. The molecule has 1 aliphatic carbocycles. The summed E-state index contributed by atoms with van der Waals surface area (Å²) in [4.78, 5) is 4.69. The lowest BCUT2D eigenvalue weighted by Crippen LogP contribution is -2.57. The third-order valence-corrected chi connectivity index (χ3v) is 3.80. The van der Waals surface area contributed by atoms with Crippen LogP contribution in [0.2, 0.25) is 0 Å². The molecule has 2 atom stereocenters. The van der Waals surface area contributed by atoms with E-state index in [9.17, 15) is 5.11 Å². The smallest absolute Gasteiger partial charge is 0.0602 e. The number of piperazine rings is 1. The molecule has 2 fully saturated rings. The van der Waals surface area contributed by atoms with Gasteiger partial charge in [0.05, 0.1) is 6.61 Å². The second-order valence-electron chi connectivity index (χ2n) is 5.00. The Labute approximate surface area is 92.0 Å². The molecule has 2 unspecified atom stereocenters. The molecule has 0 aromatic rings. The molecular formula is C11H23N3O. The lowest BCUT2D eigenvalue weighted by atomic mass is 10.0. The van der Waals surface area contributed by atoms with Crippen LogP contribution in [0.4, 0.5) is 0 Å². The quantitative estimate of drug-likeness (QED) is 0.650. The van der Waals surface area contributed by atoms with Crippen LogP contribution >= 0.6 is 0 Å². The van der Waals surface area contributed by atoms with Gasteiger partial charge < -0.3 is 15.7 Å². The minimum Gasteiger partial charge on any atom is -0.395 e. The molecule has 3 N–H and O–H groups in total. The van der Waals surface area contributed by atoms with Gasteiger partial charge >= 0.3 is 0 Å². The molecule has 0 spiro atoms. The van der Waals surface area contributed by atoms with Crippen LogP contribution in [0.3, 0.4) is 0 Å². The number of aliphatic hydroxyl groups excluding tert-OH is 1. The molecule has 15 heavy (non-hydrogen) atoms. The summed E-state index contributed by atoms with van der Waals surface area (Å²) < 4.78 is 0. The van der Waals surface area contributed by atoms with Crippen LogP contribution in [0.15, 0.2) is 0 Å². The van der Waals surface area contributed by atoms with E-state index in [0.29, 0.717) is 5.92 Å². The zero-order valence-corrected chi connectivity index (χ0v) is 9.60. The SMILES string of the molecule is CN1CCN(C(CO)C(N)C2CC2)CC1. The van der Waals surface area contributed by atoms with Crippen molar-refractivity contribution in [1.82, 2.24) is 9.80 Å². The van der Waals surface area contributed by atoms with Gasteiger partial charge in [-0.2, -0.15) is 0 Å². The number of nitrogens with zero attached hydrogens (tertiary/aromatic N) is 2. The fourth-order valence-corrected chi connectivity index (χ4v) is 2.43. The Morgan fingerprint density at radius 2 is 1.87 bits per heavy atom. The molecule has 4 heteroatoms. The molecule has 0 amide bonds. The van der Waals surface area contributed by atoms with Crippen LogP contribution < -0.4 is 5.73 Å². The number of nitrogens with two attached hydrogens (primary N) is 1. The predicted molar refractivity (Wildman–Crippen MR) is 60.6 cm³/mol. The summed E-state index contributed by atoms with van der Waals surface area (Å²) >= 11 is 0. The van der Waals surface area contributed by atoms with Gasteiger partial charge in [-0.05, 0) is 25.8 Å². The standard InChI is InChI=1S/C11H23N3O/c1-13-4-6-14(7-5-13)10(8-15)11(12)9-2-3-9/h9-11,15H,2-8,12H2,1H3. The maximum atomic E-state index is 9.46. The van der Waals surface area contributed by atoms with Gasteiger partial charge in [0.1, 0.15) is 0 Å². The normalized spacial score (nSPS) is 29.0. The van der Waals surface area contributed by atoms with E-state index in [1.54, 1.807) is 0 Å². The van der Waals surface area contributed by atoms with Gasteiger partial charge in [-0.15, -0.1) is 0 Å². The van der Waals surface area contributed by atoms with Crippen molar-refractivity contribution in [3.8, 4) is 0 Å². The van der Waals surface area contributed by atoms with E-state index in [4.69, 9.17) is 5.73 Å². The maximum absolute atomic E-state index is 9.46. The Kier molecular flexibility index (Phi) is 3.61. The minimum absolute atomic E-state index is 0.179. The largest absolute Gasteiger partial charge is 0.395 e. The Balaban J connectivity index is 1.87. The molecule has 0 bridgehead atoms. The van der Waals surface area contributed by atoms with Gasteiger partial charge in [-0.25, -0.2) is 0 Å². The van der Waals surface area contributed by atoms with Crippen molar-refractivity contribution in [3.63, 3.8) is 0 Å². The fraction of sp³-hybridized carbons (Fsp3) is 1.00. The molecule has 0 radical (unpaired) electrons. The highest BCUT2D eigenvalue weighted by Crippen LogP contribution is 2.34. The highest BCUT2D eigenvalue weighted by atomic mass is 16.3. The molecule has 1 saturated carbocycles. The Morgan fingerprint density at radius 1 is 1.27 bits per heavy atom. The van der Waals surface area contributed by atoms with E-state index in [1.165, 1.54) is 12.8 Å². The molecule has 2 aliphatic rings. The lowest BCUT2D eigenvalue weighted by molar-refractivity contribution is 0.0578. The monoisotopic (exact) mass is 213 g/mol. The maximum Gasteiger partial charge on any atom is 0.0602 e. The number of rotatable bonds is 4. The molecule has 1 heterocycles. The van der Waals surface area contributed by atoms with Crippen LogP contribution in [0.1, 0.15) is 12.8 Å². The number of hydrogen-bond donors (Lipinski definition) is 2. The molecular weight excluding hydrogens is 190 g/mol. The second-order valence-corrected chi connectivity index (χ2v) is 5.00. The molecule has 0 aromatic heterocycles. The van der Waals surface area contributed by atoms with E-state index < -0.39 is 0 Å². The highest BCUT2D eigenvalue weighted by molar-refractivity contribution is 4.94. The predicted octanol–water partition coefficient (Wildman–Crippen LogP) is -0.668. The van der Waals surface area contributed by atoms with Crippen molar-refractivity contribution in [2.75, 3.05) is 39.8 Å². The van der Waals surface area contributed by atoms with Gasteiger partial charge in [0.25, 0.3) is 0 Å². The first kappa shape index (κ1) is 11.3. The highest BCUT2D eigenvalue weighted by Gasteiger charge is 2.36. The number of aliphatic hydroxyl groups is 1. The van der Waals surface area contributed by atoms with Gasteiger partial charge in [-0.1, -0.05) is 0 Å². The molecule has 0 aromatic carbocycles.